The molecule has 0 aromatic carbocycles. The summed E-state index contributed by atoms with van der Waals surface area (Å²) < 4.78 is 0. The number of hydrogen-bond acceptors (Lipinski definition) is 2. The SMILES string of the molecule is O=C([O-])C1CCCCC1.[Ca+2].[H+]. The van der Waals surface area contributed by atoms with Crippen molar-refractivity contribution in [1.29, 1.82) is 0 Å². The minimum Gasteiger partial charge on any atom is -0.550 e. The molecule has 1 aliphatic rings. The van der Waals surface area contributed by atoms with Crippen molar-refractivity contribution in [1.82, 2.24) is 0 Å². The Hall–Kier alpha value is 0.730. The summed E-state index contributed by atoms with van der Waals surface area (Å²) >= 11 is 0. The normalized spacial score (nSPS) is 19.6. The molecule has 2 nitrogen and oxygen atoms in total. The van der Waals surface area contributed by atoms with Crippen molar-refractivity contribution in [3.05, 3.63) is 0 Å². The van der Waals surface area contributed by atoms with Crippen molar-refractivity contribution in [3.63, 3.8) is 0 Å². The molecule has 0 aromatic heterocycles. The molecule has 1 saturated carbocycles. The number of hydrogen-bond donors (Lipinski definition) is 0. The largest absolute Gasteiger partial charge is 2.00 e. The number of carbonyl (C=O) groups is 1. The number of aliphatic carboxylic acids is 1. The Morgan fingerprint density at radius 2 is 1.80 bits per heavy atom. The van der Waals surface area contributed by atoms with E-state index in [0.29, 0.717) is 0 Å². The fourth-order valence-electron chi connectivity index (χ4n) is 1.34. The van der Waals surface area contributed by atoms with Crippen LogP contribution >= 0.6 is 0 Å². The van der Waals surface area contributed by atoms with Gasteiger partial charge in [0.25, 0.3) is 0 Å². The molecule has 1 aliphatic carbocycles. The van der Waals surface area contributed by atoms with E-state index in [9.17, 15) is 9.90 Å². The molecule has 3 heteroatoms. The van der Waals surface area contributed by atoms with Crippen molar-refractivity contribution in [2.24, 2.45) is 5.92 Å². The van der Waals surface area contributed by atoms with Gasteiger partial charge in [-0.1, -0.05) is 19.3 Å². The zero-order valence-corrected chi connectivity index (χ0v) is 8.34. The predicted octanol–water partition coefficient (Wildman–Crippen LogP) is 0.0483. The van der Waals surface area contributed by atoms with Crippen LogP contribution in [0.4, 0.5) is 0 Å². The average molecular weight is 168 g/mol. The molecule has 1 rings (SSSR count). The van der Waals surface area contributed by atoms with E-state index in [-0.39, 0.29) is 45.1 Å². The van der Waals surface area contributed by atoms with Crippen LogP contribution in [-0.2, 0) is 4.79 Å². The standard InChI is InChI=1S/C7H12O2.Ca/c8-7(9)6-4-2-1-3-5-6;/h6H,1-5H2,(H,8,9);/q;+2. The van der Waals surface area contributed by atoms with Gasteiger partial charge in [-0.2, -0.15) is 0 Å². The first-order chi connectivity index (χ1) is 4.30. The Morgan fingerprint density at radius 3 is 2.10 bits per heavy atom. The Morgan fingerprint density at radius 1 is 1.30 bits per heavy atom. The summed E-state index contributed by atoms with van der Waals surface area (Å²) in [6.45, 7) is 0. The fraction of sp³-hybridized carbons (Fsp3) is 0.857. The maximum absolute atomic E-state index is 10.2. The van der Waals surface area contributed by atoms with Gasteiger partial charge in [0.1, 0.15) is 0 Å². The van der Waals surface area contributed by atoms with Gasteiger partial charge in [-0.15, -0.1) is 0 Å². The predicted molar refractivity (Wildman–Crippen MR) is 38.4 cm³/mol. The zero-order chi connectivity index (χ0) is 6.69. The molecule has 0 atom stereocenters. The van der Waals surface area contributed by atoms with Crippen LogP contribution < -0.4 is 5.11 Å². The first-order valence-corrected chi connectivity index (χ1v) is 3.51. The molecule has 0 N–H and O–H groups in total. The van der Waals surface area contributed by atoms with Crippen LogP contribution in [0.3, 0.4) is 0 Å². The van der Waals surface area contributed by atoms with Crippen LogP contribution in [0.25, 0.3) is 0 Å². The van der Waals surface area contributed by atoms with Crippen molar-refractivity contribution < 1.29 is 11.3 Å². The first-order valence-electron chi connectivity index (χ1n) is 3.51. The van der Waals surface area contributed by atoms with Gasteiger partial charge in [0.2, 0.25) is 0 Å². The number of carboxylic acid groups (broad SMARTS) is 1. The van der Waals surface area contributed by atoms with Gasteiger partial charge >= 0.3 is 39.2 Å². The molecule has 0 heterocycles. The summed E-state index contributed by atoms with van der Waals surface area (Å²) in [6.07, 6.45) is 5.01. The Labute approximate surface area is 92.5 Å². The summed E-state index contributed by atoms with van der Waals surface area (Å²) in [5.41, 5.74) is 0. The third-order valence-electron chi connectivity index (χ3n) is 1.94. The zero-order valence-electron chi connectivity index (χ0n) is 7.14. The van der Waals surface area contributed by atoms with Crippen molar-refractivity contribution in [2.75, 3.05) is 0 Å². The molecule has 0 unspecified atom stereocenters. The van der Waals surface area contributed by atoms with Crippen LogP contribution in [-0.4, -0.2) is 43.7 Å². The molecule has 0 aromatic rings. The van der Waals surface area contributed by atoms with E-state index in [4.69, 9.17) is 0 Å². The summed E-state index contributed by atoms with van der Waals surface area (Å²) in [4.78, 5) is 10.2. The molecule has 0 amide bonds. The number of rotatable bonds is 1. The van der Waals surface area contributed by atoms with E-state index in [0.717, 1.165) is 25.7 Å². The third kappa shape index (κ3) is 3.22. The van der Waals surface area contributed by atoms with Gasteiger partial charge in [-0.25, -0.2) is 0 Å². The van der Waals surface area contributed by atoms with Gasteiger partial charge in [0.05, 0.1) is 0 Å². The smallest absolute Gasteiger partial charge is 0.550 e. The van der Waals surface area contributed by atoms with Gasteiger partial charge in [-0.05, 0) is 18.8 Å². The van der Waals surface area contributed by atoms with Crippen LogP contribution in [0, 0.1) is 5.92 Å². The van der Waals surface area contributed by atoms with Crippen LogP contribution in [0.5, 0.6) is 0 Å². The molecule has 52 valence electrons. The van der Waals surface area contributed by atoms with Crippen molar-refractivity contribution in [3.8, 4) is 0 Å². The Bertz CT molecular complexity index is 113. The number of carboxylic acids is 1. The topological polar surface area (TPSA) is 40.1 Å². The second-order valence-corrected chi connectivity index (χ2v) is 2.65. The van der Waals surface area contributed by atoms with Crippen molar-refractivity contribution >= 4 is 43.7 Å². The summed E-state index contributed by atoms with van der Waals surface area (Å²) in [5, 5.41) is 10.2. The molecule has 0 radical (unpaired) electrons. The van der Waals surface area contributed by atoms with Crippen LogP contribution in [0.1, 0.15) is 33.5 Å². The molecular weight excluding hydrogens is 156 g/mol. The quantitative estimate of drug-likeness (QED) is 0.519. The molecular formula is C7H12CaO2+2. The second-order valence-electron chi connectivity index (χ2n) is 2.65. The van der Waals surface area contributed by atoms with Crippen LogP contribution in [0.15, 0.2) is 0 Å². The van der Waals surface area contributed by atoms with Gasteiger partial charge in [0, 0.05) is 5.97 Å². The van der Waals surface area contributed by atoms with Crippen molar-refractivity contribution in [2.45, 2.75) is 32.1 Å². The van der Waals surface area contributed by atoms with E-state index in [1.165, 1.54) is 6.42 Å². The summed E-state index contributed by atoms with van der Waals surface area (Å²) in [5.74, 6) is -0.992. The molecule has 1 fully saturated rings. The Balaban J connectivity index is 0. The molecule has 0 bridgehead atoms. The number of carbonyl (C=O) groups excluding carboxylic acids is 1. The van der Waals surface area contributed by atoms with E-state index in [1.807, 2.05) is 0 Å². The third-order valence-corrected chi connectivity index (χ3v) is 1.94. The van der Waals surface area contributed by atoms with Gasteiger partial charge in [0.15, 0.2) is 0 Å². The first kappa shape index (κ1) is 10.7. The summed E-state index contributed by atoms with van der Waals surface area (Å²) in [7, 11) is 0. The fourth-order valence-corrected chi connectivity index (χ4v) is 1.34. The average Bonchev–Trinajstić information content (AvgIpc) is 1.90. The van der Waals surface area contributed by atoms with Gasteiger partial charge < -0.3 is 9.90 Å². The Kier molecular flexibility index (Phi) is 5.78. The summed E-state index contributed by atoms with van der Waals surface area (Å²) in [6, 6.07) is 0. The molecule has 0 saturated heterocycles. The van der Waals surface area contributed by atoms with Crippen LogP contribution in [0.2, 0.25) is 0 Å². The van der Waals surface area contributed by atoms with E-state index in [2.05, 4.69) is 0 Å². The maximum atomic E-state index is 10.2. The van der Waals surface area contributed by atoms with E-state index >= 15 is 0 Å². The second kappa shape index (κ2) is 5.39. The minimum atomic E-state index is -0.852. The molecule has 0 aliphatic heterocycles. The monoisotopic (exact) mass is 168 g/mol. The van der Waals surface area contributed by atoms with Gasteiger partial charge in [-0.3, -0.25) is 0 Å². The van der Waals surface area contributed by atoms with E-state index < -0.39 is 5.97 Å². The minimum absolute atomic E-state index is 0. The van der Waals surface area contributed by atoms with E-state index in [1.54, 1.807) is 0 Å². The molecule has 10 heavy (non-hydrogen) atoms. The molecule has 0 spiro atoms. The maximum Gasteiger partial charge on any atom is 2.00 e.